The topological polar surface area (TPSA) is 87.6 Å². The molecule has 6 heteroatoms. The summed E-state index contributed by atoms with van der Waals surface area (Å²) in [5, 5.41) is 10.7. The summed E-state index contributed by atoms with van der Waals surface area (Å²) in [4.78, 5) is 10.2. The van der Waals surface area contributed by atoms with E-state index in [-0.39, 0.29) is 5.69 Å². The third-order valence-corrected chi connectivity index (χ3v) is 2.00. The summed E-state index contributed by atoms with van der Waals surface area (Å²) >= 11 is 0. The van der Waals surface area contributed by atoms with Gasteiger partial charge in [0.2, 0.25) is 0 Å². The van der Waals surface area contributed by atoms with Crippen LogP contribution in [0.1, 0.15) is 13.3 Å². The molecule has 0 heterocycles. The molecule has 17 heavy (non-hydrogen) atoms. The zero-order valence-electron chi connectivity index (χ0n) is 9.72. The van der Waals surface area contributed by atoms with E-state index in [9.17, 15) is 10.1 Å². The molecule has 0 fully saturated rings. The van der Waals surface area contributed by atoms with E-state index in [1.807, 2.05) is 6.92 Å². The van der Waals surface area contributed by atoms with Crippen LogP contribution in [0, 0.1) is 10.1 Å². The Balaban J connectivity index is 2.83. The predicted octanol–water partition coefficient (Wildman–Crippen LogP) is 1.72. The maximum Gasteiger partial charge on any atom is 0.276 e. The number of nitrogens with two attached hydrogens (primary N) is 1. The van der Waals surface area contributed by atoms with Crippen molar-refractivity contribution in [1.29, 1.82) is 0 Å². The van der Waals surface area contributed by atoms with Gasteiger partial charge in [0.25, 0.3) is 5.69 Å². The van der Waals surface area contributed by atoms with Gasteiger partial charge in [-0.2, -0.15) is 0 Å². The van der Waals surface area contributed by atoms with E-state index >= 15 is 0 Å². The van der Waals surface area contributed by atoms with Crippen molar-refractivity contribution in [3.05, 3.63) is 28.3 Å². The standard InChI is InChI=1S/C11H16N2O4/c1-2-16-10-6-9(13(14)15)7-11(8-10)17-5-3-4-12/h6-8H,2-5,12H2,1H3. The molecule has 0 atom stereocenters. The molecule has 94 valence electrons. The van der Waals surface area contributed by atoms with E-state index in [1.165, 1.54) is 12.1 Å². The van der Waals surface area contributed by atoms with Gasteiger partial charge in [0.05, 0.1) is 30.3 Å². The monoisotopic (exact) mass is 240 g/mol. The Morgan fingerprint density at radius 3 is 2.47 bits per heavy atom. The molecule has 0 aliphatic carbocycles. The number of non-ortho nitro benzene ring substituents is 1. The van der Waals surface area contributed by atoms with Crippen molar-refractivity contribution in [2.75, 3.05) is 19.8 Å². The highest BCUT2D eigenvalue weighted by atomic mass is 16.6. The lowest BCUT2D eigenvalue weighted by Crippen LogP contribution is -2.06. The minimum Gasteiger partial charge on any atom is -0.493 e. The molecule has 0 amide bonds. The average Bonchev–Trinajstić information content (AvgIpc) is 2.29. The highest BCUT2D eigenvalue weighted by Gasteiger charge is 2.11. The smallest absolute Gasteiger partial charge is 0.276 e. The van der Waals surface area contributed by atoms with Gasteiger partial charge in [-0.1, -0.05) is 0 Å². The Labute approximate surface area is 99.5 Å². The van der Waals surface area contributed by atoms with Crippen molar-refractivity contribution < 1.29 is 14.4 Å². The van der Waals surface area contributed by atoms with E-state index in [1.54, 1.807) is 6.07 Å². The lowest BCUT2D eigenvalue weighted by atomic mass is 10.3. The Morgan fingerprint density at radius 1 is 1.29 bits per heavy atom. The van der Waals surface area contributed by atoms with Gasteiger partial charge in [-0.15, -0.1) is 0 Å². The van der Waals surface area contributed by atoms with Crippen molar-refractivity contribution in [3.63, 3.8) is 0 Å². The molecule has 0 aliphatic rings. The molecule has 1 aromatic carbocycles. The Morgan fingerprint density at radius 2 is 1.94 bits per heavy atom. The molecule has 0 saturated carbocycles. The molecular weight excluding hydrogens is 224 g/mol. The molecule has 0 aliphatic heterocycles. The lowest BCUT2D eigenvalue weighted by Gasteiger charge is -2.08. The SMILES string of the molecule is CCOc1cc(OCCCN)cc([N+](=O)[O-])c1. The molecular formula is C11H16N2O4. The van der Waals surface area contributed by atoms with Crippen LogP contribution < -0.4 is 15.2 Å². The van der Waals surface area contributed by atoms with Crippen molar-refractivity contribution in [3.8, 4) is 11.5 Å². The number of hydrogen-bond donors (Lipinski definition) is 1. The number of benzene rings is 1. The van der Waals surface area contributed by atoms with Gasteiger partial charge in [0, 0.05) is 6.07 Å². The van der Waals surface area contributed by atoms with Crippen molar-refractivity contribution in [2.24, 2.45) is 5.73 Å². The number of rotatable bonds is 7. The molecule has 0 saturated heterocycles. The second-order valence-electron chi connectivity index (χ2n) is 3.34. The Kier molecular flexibility index (Phi) is 5.22. The fourth-order valence-electron chi connectivity index (χ4n) is 1.27. The summed E-state index contributed by atoms with van der Waals surface area (Å²) in [6, 6.07) is 4.38. The van der Waals surface area contributed by atoms with Crippen LogP contribution >= 0.6 is 0 Å². The minimum absolute atomic E-state index is 0.0429. The van der Waals surface area contributed by atoms with Gasteiger partial charge >= 0.3 is 0 Å². The minimum atomic E-state index is -0.474. The number of ether oxygens (including phenoxy) is 2. The Hall–Kier alpha value is -1.82. The highest BCUT2D eigenvalue weighted by molar-refractivity contribution is 5.46. The molecule has 1 rings (SSSR count). The molecule has 2 N–H and O–H groups in total. The summed E-state index contributed by atoms with van der Waals surface area (Å²) < 4.78 is 10.6. The summed E-state index contributed by atoms with van der Waals surface area (Å²) in [5.41, 5.74) is 5.29. The van der Waals surface area contributed by atoms with E-state index in [0.29, 0.717) is 37.7 Å². The second kappa shape index (κ2) is 6.70. The van der Waals surface area contributed by atoms with E-state index in [0.717, 1.165) is 0 Å². The summed E-state index contributed by atoms with van der Waals surface area (Å²) in [6.07, 6.45) is 0.701. The van der Waals surface area contributed by atoms with Crippen LogP contribution in [-0.4, -0.2) is 24.7 Å². The third-order valence-electron chi connectivity index (χ3n) is 2.00. The Bertz CT molecular complexity index is 382. The van der Waals surface area contributed by atoms with Gasteiger partial charge in [-0.3, -0.25) is 10.1 Å². The van der Waals surface area contributed by atoms with Crippen LogP contribution in [0.4, 0.5) is 5.69 Å². The molecule has 0 radical (unpaired) electrons. The van der Waals surface area contributed by atoms with Crippen LogP contribution in [0.15, 0.2) is 18.2 Å². The fourth-order valence-corrected chi connectivity index (χ4v) is 1.27. The largest absolute Gasteiger partial charge is 0.493 e. The maximum absolute atomic E-state index is 10.7. The zero-order chi connectivity index (χ0) is 12.7. The first-order valence-electron chi connectivity index (χ1n) is 5.42. The molecule has 0 bridgehead atoms. The highest BCUT2D eigenvalue weighted by Crippen LogP contribution is 2.27. The van der Waals surface area contributed by atoms with Gasteiger partial charge in [-0.05, 0) is 19.9 Å². The van der Waals surface area contributed by atoms with Gasteiger partial charge < -0.3 is 15.2 Å². The summed E-state index contributed by atoms with van der Waals surface area (Å²) in [7, 11) is 0. The van der Waals surface area contributed by atoms with Crippen molar-refractivity contribution in [1.82, 2.24) is 0 Å². The quantitative estimate of drug-likeness (QED) is 0.445. The van der Waals surface area contributed by atoms with Gasteiger partial charge in [0.1, 0.15) is 11.5 Å². The third kappa shape index (κ3) is 4.28. The van der Waals surface area contributed by atoms with E-state index in [2.05, 4.69) is 0 Å². The fraction of sp³-hybridized carbons (Fsp3) is 0.455. The maximum atomic E-state index is 10.7. The van der Waals surface area contributed by atoms with Crippen LogP contribution in [0.2, 0.25) is 0 Å². The molecule has 1 aromatic rings. The van der Waals surface area contributed by atoms with E-state index in [4.69, 9.17) is 15.2 Å². The normalized spacial score (nSPS) is 10.0. The van der Waals surface area contributed by atoms with Crippen LogP contribution in [-0.2, 0) is 0 Å². The molecule has 6 nitrogen and oxygen atoms in total. The van der Waals surface area contributed by atoms with Gasteiger partial charge in [0.15, 0.2) is 0 Å². The summed E-state index contributed by atoms with van der Waals surface area (Å²) in [5.74, 6) is 0.862. The van der Waals surface area contributed by atoms with Gasteiger partial charge in [-0.25, -0.2) is 0 Å². The molecule has 0 unspecified atom stereocenters. The zero-order valence-corrected chi connectivity index (χ0v) is 9.72. The lowest BCUT2D eigenvalue weighted by molar-refractivity contribution is -0.385. The van der Waals surface area contributed by atoms with Crippen LogP contribution in [0.25, 0.3) is 0 Å². The number of nitro groups is 1. The molecule has 0 aromatic heterocycles. The second-order valence-corrected chi connectivity index (χ2v) is 3.34. The number of hydrogen-bond acceptors (Lipinski definition) is 5. The first-order chi connectivity index (χ1) is 8.17. The van der Waals surface area contributed by atoms with Crippen LogP contribution in [0.3, 0.4) is 0 Å². The molecule has 0 spiro atoms. The number of nitro benzene ring substituents is 1. The number of nitrogens with zero attached hydrogens (tertiary/aromatic N) is 1. The summed E-state index contributed by atoms with van der Waals surface area (Å²) in [6.45, 7) is 3.22. The predicted molar refractivity (Wildman–Crippen MR) is 63.4 cm³/mol. The van der Waals surface area contributed by atoms with E-state index < -0.39 is 4.92 Å². The van der Waals surface area contributed by atoms with Crippen molar-refractivity contribution in [2.45, 2.75) is 13.3 Å². The first kappa shape index (κ1) is 13.2. The van der Waals surface area contributed by atoms with Crippen LogP contribution in [0.5, 0.6) is 11.5 Å². The first-order valence-corrected chi connectivity index (χ1v) is 5.42. The van der Waals surface area contributed by atoms with Crippen molar-refractivity contribution >= 4 is 5.69 Å². The average molecular weight is 240 g/mol.